The van der Waals surface area contributed by atoms with Crippen LogP contribution in [0, 0.1) is 0 Å². The zero-order chi connectivity index (χ0) is 14.6. The molecule has 0 aliphatic carbocycles. The fourth-order valence-corrected chi connectivity index (χ4v) is 3.00. The number of aromatic nitrogens is 1. The SMILES string of the molecule is NNc1cc(S(=O)(=O)NCc2ccccc2Br)ccn1. The van der Waals surface area contributed by atoms with E-state index in [0.29, 0.717) is 0 Å². The second-order valence-electron chi connectivity index (χ2n) is 3.94. The Kier molecular flexibility index (Phi) is 4.71. The molecular formula is C12H13BrN4O2S. The summed E-state index contributed by atoms with van der Waals surface area (Å²) in [5, 5.41) is 0. The molecule has 2 rings (SSSR count). The molecule has 0 atom stereocenters. The van der Waals surface area contributed by atoms with Gasteiger partial charge in [0, 0.05) is 23.3 Å². The average molecular weight is 357 g/mol. The lowest BCUT2D eigenvalue weighted by molar-refractivity contribution is 0.581. The Bertz CT molecular complexity index is 706. The number of halogens is 1. The second-order valence-corrected chi connectivity index (χ2v) is 6.56. The van der Waals surface area contributed by atoms with E-state index < -0.39 is 10.0 Å². The lowest BCUT2D eigenvalue weighted by atomic mass is 10.2. The van der Waals surface area contributed by atoms with Crippen molar-refractivity contribution in [2.75, 3.05) is 5.43 Å². The number of sulfonamides is 1. The Morgan fingerprint density at radius 3 is 2.70 bits per heavy atom. The zero-order valence-corrected chi connectivity index (χ0v) is 12.8. The smallest absolute Gasteiger partial charge is 0.241 e. The number of rotatable bonds is 5. The molecule has 2 aromatic rings. The number of nitrogens with one attached hydrogen (secondary N) is 2. The summed E-state index contributed by atoms with van der Waals surface area (Å²) in [6.45, 7) is 0.192. The highest BCUT2D eigenvalue weighted by molar-refractivity contribution is 9.10. The molecule has 0 bridgehead atoms. The minimum Gasteiger partial charge on any atom is -0.308 e. The summed E-state index contributed by atoms with van der Waals surface area (Å²) >= 11 is 3.37. The standard InChI is InChI=1S/C12H13BrN4O2S/c13-11-4-2-1-3-9(11)8-16-20(18,19)10-5-6-15-12(7-10)17-14/h1-7,16H,8,14H2,(H,15,17). The van der Waals surface area contributed by atoms with Crippen LogP contribution in [0.2, 0.25) is 0 Å². The molecular weight excluding hydrogens is 344 g/mol. The highest BCUT2D eigenvalue weighted by Crippen LogP contribution is 2.17. The van der Waals surface area contributed by atoms with E-state index in [-0.39, 0.29) is 17.3 Å². The van der Waals surface area contributed by atoms with Gasteiger partial charge < -0.3 is 5.43 Å². The lowest BCUT2D eigenvalue weighted by Crippen LogP contribution is -2.23. The summed E-state index contributed by atoms with van der Waals surface area (Å²) in [7, 11) is -3.61. The van der Waals surface area contributed by atoms with Gasteiger partial charge in [0.25, 0.3) is 0 Å². The zero-order valence-electron chi connectivity index (χ0n) is 10.4. The number of hydrazine groups is 1. The normalized spacial score (nSPS) is 11.3. The van der Waals surface area contributed by atoms with Crippen molar-refractivity contribution in [2.45, 2.75) is 11.4 Å². The Balaban J connectivity index is 2.17. The molecule has 106 valence electrons. The van der Waals surface area contributed by atoms with Gasteiger partial charge in [0.2, 0.25) is 10.0 Å². The molecule has 0 saturated carbocycles. The van der Waals surface area contributed by atoms with Gasteiger partial charge in [-0.1, -0.05) is 34.1 Å². The van der Waals surface area contributed by atoms with Gasteiger partial charge in [-0.2, -0.15) is 0 Å². The van der Waals surface area contributed by atoms with Crippen molar-refractivity contribution >= 4 is 31.8 Å². The average Bonchev–Trinajstić information content (AvgIpc) is 2.46. The fourth-order valence-electron chi connectivity index (χ4n) is 1.56. The summed E-state index contributed by atoms with van der Waals surface area (Å²) < 4.78 is 27.7. The summed E-state index contributed by atoms with van der Waals surface area (Å²) in [5.41, 5.74) is 3.16. The van der Waals surface area contributed by atoms with Crippen molar-refractivity contribution in [3.8, 4) is 0 Å². The van der Waals surface area contributed by atoms with E-state index in [1.165, 1.54) is 18.3 Å². The molecule has 0 fully saturated rings. The maximum atomic E-state index is 12.2. The largest absolute Gasteiger partial charge is 0.308 e. The first kappa shape index (κ1) is 14.9. The molecule has 0 unspecified atom stereocenters. The minimum atomic E-state index is -3.61. The van der Waals surface area contributed by atoms with Crippen molar-refractivity contribution < 1.29 is 8.42 Å². The van der Waals surface area contributed by atoms with Gasteiger partial charge in [-0.3, -0.25) is 0 Å². The van der Waals surface area contributed by atoms with Crippen LogP contribution in [-0.4, -0.2) is 13.4 Å². The molecule has 6 nitrogen and oxygen atoms in total. The lowest BCUT2D eigenvalue weighted by Gasteiger charge is -2.09. The van der Waals surface area contributed by atoms with Crippen molar-refractivity contribution in [3.05, 3.63) is 52.6 Å². The van der Waals surface area contributed by atoms with Crippen LogP contribution in [-0.2, 0) is 16.6 Å². The van der Waals surface area contributed by atoms with Crippen LogP contribution in [0.1, 0.15) is 5.56 Å². The van der Waals surface area contributed by atoms with E-state index in [0.717, 1.165) is 10.0 Å². The third-order valence-corrected chi connectivity index (χ3v) is 4.77. The number of anilines is 1. The molecule has 8 heteroatoms. The van der Waals surface area contributed by atoms with Gasteiger partial charge in [-0.05, 0) is 17.7 Å². The van der Waals surface area contributed by atoms with Crippen molar-refractivity contribution in [1.29, 1.82) is 0 Å². The predicted octanol–water partition coefficient (Wildman–Crippen LogP) is 1.61. The van der Waals surface area contributed by atoms with Crippen LogP contribution in [0.25, 0.3) is 0 Å². The molecule has 1 aromatic heterocycles. The molecule has 20 heavy (non-hydrogen) atoms. The highest BCUT2D eigenvalue weighted by Gasteiger charge is 2.15. The van der Waals surface area contributed by atoms with E-state index >= 15 is 0 Å². The van der Waals surface area contributed by atoms with Crippen LogP contribution < -0.4 is 16.0 Å². The number of hydrogen-bond acceptors (Lipinski definition) is 5. The van der Waals surface area contributed by atoms with Crippen LogP contribution in [0.5, 0.6) is 0 Å². The van der Waals surface area contributed by atoms with Crippen LogP contribution in [0.4, 0.5) is 5.82 Å². The summed E-state index contributed by atoms with van der Waals surface area (Å²) in [6.07, 6.45) is 1.38. The van der Waals surface area contributed by atoms with Gasteiger partial charge >= 0.3 is 0 Å². The molecule has 0 aliphatic rings. The van der Waals surface area contributed by atoms with Gasteiger partial charge in [0.15, 0.2) is 0 Å². The fraction of sp³-hybridized carbons (Fsp3) is 0.0833. The Hall–Kier alpha value is -1.48. The molecule has 0 amide bonds. The number of nitrogens with two attached hydrogens (primary N) is 1. The van der Waals surface area contributed by atoms with Crippen LogP contribution >= 0.6 is 15.9 Å². The van der Waals surface area contributed by atoms with Crippen LogP contribution in [0.15, 0.2) is 52.0 Å². The number of hydrogen-bond donors (Lipinski definition) is 3. The minimum absolute atomic E-state index is 0.104. The monoisotopic (exact) mass is 356 g/mol. The molecule has 0 saturated heterocycles. The molecule has 1 aromatic carbocycles. The van der Waals surface area contributed by atoms with Crippen molar-refractivity contribution in [3.63, 3.8) is 0 Å². The Morgan fingerprint density at radius 2 is 2.00 bits per heavy atom. The first-order valence-electron chi connectivity index (χ1n) is 5.68. The molecule has 1 heterocycles. The first-order valence-corrected chi connectivity index (χ1v) is 7.96. The third-order valence-electron chi connectivity index (χ3n) is 2.60. The summed E-state index contributed by atoms with van der Waals surface area (Å²) in [5.74, 6) is 5.50. The maximum absolute atomic E-state index is 12.2. The second kappa shape index (κ2) is 6.31. The number of pyridine rings is 1. The van der Waals surface area contributed by atoms with Gasteiger partial charge in [-0.25, -0.2) is 24.0 Å². The molecule has 0 spiro atoms. The van der Waals surface area contributed by atoms with E-state index in [9.17, 15) is 8.42 Å². The van der Waals surface area contributed by atoms with Crippen LogP contribution in [0.3, 0.4) is 0 Å². The van der Waals surface area contributed by atoms with Crippen molar-refractivity contribution in [1.82, 2.24) is 9.71 Å². The van der Waals surface area contributed by atoms with E-state index in [2.05, 4.69) is 31.1 Å². The Labute approximate surface area is 125 Å². The topological polar surface area (TPSA) is 97.1 Å². The first-order chi connectivity index (χ1) is 9.53. The molecule has 4 N–H and O–H groups in total. The molecule has 0 aliphatic heterocycles. The van der Waals surface area contributed by atoms with Crippen molar-refractivity contribution in [2.24, 2.45) is 5.84 Å². The number of nitrogens with zero attached hydrogens (tertiary/aromatic N) is 1. The highest BCUT2D eigenvalue weighted by atomic mass is 79.9. The summed E-state index contributed by atoms with van der Waals surface area (Å²) in [4.78, 5) is 3.97. The van der Waals surface area contributed by atoms with Gasteiger partial charge in [-0.15, -0.1) is 0 Å². The Morgan fingerprint density at radius 1 is 1.25 bits per heavy atom. The van der Waals surface area contributed by atoms with Gasteiger partial charge in [0.05, 0.1) is 4.90 Å². The third kappa shape index (κ3) is 3.54. The quantitative estimate of drug-likeness (QED) is 0.558. The molecule has 0 radical (unpaired) electrons. The maximum Gasteiger partial charge on any atom is 0.241 e. The number of nitrogen functional groups attached to an aromatic ring is 1. The van der Waals surface area contributed by atoms with E-state index in [4.69, 9.17) is 5.84 Å². The van der Waals surface area contributed by atoms with Gasteiger partial charge in [0.1, 0.15) is 5.82 Å². The summed E-state index contributed by atoms with van der Waals surface area (Å²) in [6, 6.07) is 10.2. The van der Waals surface area contributed by atoms with E-state index in [1.54, 1.807) is 0 Å². The predicted molar refractivity (Wildman–Crippen MR) is 80.2 cm³/mol. The van der Waals surface area contributed by atoms with E-state index in [1.807, 2.05) is 24.3 Å². The number of benzene rings is 1.